The van der Waals surface area contributed by atoms with E-state index in [0.717, 1.165) is 13.0 Å². The number of nitrogens with zero attached hydrogens (tertiary/aromatic N) is 1. The van der Waals surface area contributed by atoms with Crippen LogP contribution in [0.25, 0.3) is 10.8 Å². The third-order valence-corrected chi connectivity index (χ3v) is 6.44. The molecule has 1 unspecified atom stereocenters. The second-order valence-electron chi connectivity index (χ2n) is 6.11. The van der Waals surface area contributed by atoms with Gasteiger partial charge in [-0.2, -0.15) is 12.7 Å². The van der Waals surface area contributed by atoms with E-state index in [1.165, 1.54) is 16.6 Å². The van der Waals surface area contributed by atoms with Crippen molar-refractivity contribution in [1.82, 2.24) is 14.6 Å². The number of H-pyrrole nitrogens is 1. The molecule has 4 N–H and O–H groups in total. The van der Waals surface area contributed by atoms with Crippen LogP contribution in [0.15, 0.2) is 34.1 Å². The highest BCUT2D eigenvalue weighted by Crippen LogP contribution is 2.30. The van der Waals surface area contributed by atoms with Gasteiger partial charge in [-0.25, -0.2) is 8.42 Å². The first kappa shape index (κ1) is 22.7. The highest BCUT2D eigenvalue weighted by atomic mass is 35.5. The van der Waals surface area contributed by atoms with Crippen LogP contribution >= 0.6 is 11.6 Å². The fourth-order valence-electron chi connectivity index (χ4n) is 2.94. The van der Waals surface area contributed by atoms with E-state index in [9.17, 15) is 13.2 Å². The monoisotopic (exact) mass is 453 g/mol. The van der Waals surface area contributed by atoms with Crippen molar-refractivity contribution < 1.29 is 25.9 Å². The number of hydrogen-bond acceptors (Lipinski definition) is 6. The summed E-state index contributed by atoms with van der Waals surface area (Å²) in [6.07, 6.45) is 2.07. The van der Waals surface area contributed by atoms with Crippen LogP contribution in [0, 0.1) is 0 Å². The van der Waals surface area contributed by atoms with Crippen molar-refractivity contribution in [3.8, 4) is 0 Å². The van der Waals surface area contributed by atoms with Gasteiger partial charge in [-0.3, -0.25) is 13.9 Å². The van der Waals surface area contributed by atoms with Gasteiger partial charge in [-0.1, -0.05) is 17.7 Å². The summed E-state index contributed by atoms with van der Waals surface area (Å²) in [6, 6.07) is 4.49. The number of sulfonamides is 1. The fourth-order valence-corrected chi connectivity index (χ4v) is 5.15. The topological polar surface area (TPSA) is 157 Å². The lowest BCUT2D eigenvalue weighted by Gasteiger charge is -2.26. The molecule has 1 aromatic heterocycles. The third-order valence-electron chi connectivity index (χ3n) is 4.09. The zero-order valence-electron chi connectivity index (χ0n) is 14.8. The van der Waals surface area contributed by atoms with Gasteiger partial charge in [-0.15, -0.1) is 0 Å². The number of nitrogens with one attached hydrogen (secondary N) is 2. The van der Waals surface area contributed by atoms with Gasteiger partial charge in [0.1, 0.15) is 0 Å². The normalized spacial score (nSPS) is 18.9. The van der Waals surface area contributed by atoms with E-state index in [4.69, 9.17) is 29.1 Å². The average Bonchev–Trinajstić information content (AvgIpc) is 2.81. The summed E-state index contributed by atoms with van der Waals surface area (Å²) < 4.78 is 59.4. The molecule has 0 bridgehead atoms. The van der Waals surface area contributed by atoms with Crippen LogP contribution in [0.1, 0.15) is 13.3 Å². The molecule has 156 valence electrons. The van der Waals surface area contributed by atoms with E-state index in [1.54, 1.807) is 12.1 Å². The largest absolute Gasteiger partial charge is 0.394 e. The first-order valence-corrected chi connectivity index (χ1v) is 11.4. The van der Waals surface area contributed by atoms with Gasteiger partial charge in [0, 0.05) is 36.1 Å². The Morgan fingerprint density at radius 3 is 2.50 bits per heavy atom. The number of pyridine rings is 1. The highest BCUT2D eigenvalue weighted by Gasteiger charge is 2.31. The molecule has 0 spiro atoms. The Balaban J connectivity index is 0.000000500. The van der Waals surface area contributed by atoms with Crippen molar-refractivity contribution in [3.05, 3.63) is 39.8 Å². The summed E-state index contributed by atoms with van der Waals surface area (Å²) in [7, 11) is -8.41. The minimum absolute atomic E-state index is 0.0832. The molecule has 3 rings (SSSR count). The summed E-state index contributed by atoms with van der Waals surface area (Å²) in [5, 5.41) is 4.00. The quantitative estimate of drug-likeness (QED) is 0.488. The molecule has 0 radical (unpaired) electrons. The Kier molecular flexibility index (Phi) is 7.20. The summed E-state index contributed by atoms with van der Waals surface area (Å²) in [4.78, 5) is 14.6. The zero-order valence-corrected chi connectivity index (χ0v) is 17.2. The smallest absolute Gasteiger partial charge is 0.327 e. The molecule has 13 heteroatoms. The molecule has 1 aromatic carbocycles. The van der Waals surface area contributed by atoms with E-state index < -0.39 is 20.4 Å². The van der Waals surface area contributed by atoms with Crippen molar-refractivity contribution in [2.45, 2.75) is 24.3 Å². The molecular formula is C15H20ClN3O7S2. The number of hydrogen-bond donors (Lipinski definition) is 4. The number of benzene rings is 1. The Morgan fingerprint density at radius 2 is 1.86 bits per heavy atom. The van der Waals surface area contributed by atoms with Crippen LogP contribution in [-0.2, 0) is 20.4 Å². The van der Waals surface area contributed by atoms with Gasteiger partial charge in [-0.05, 0) is 32.0 Å². The maximum Gasteiger partial charge on any atom is 0.394 e. The fraction of sp³-hybridized carbons (Fsp3) is 0.400. The SMILES string of the molecule is CC1CNCCCN1S(=O)(=O)c1cccc2c(=O)[nH]cc(Cl)c12.O=S(=O)(O)O. The number of aromatic amines is 1. The Hall–Kier alpha value is -1.54. The predicted molar refractivity (Wildman–Crippen MR) is 105 cm³/mol. The molecule has 1 saturated heterocycles. The lowest BCUT2D eigenvalue weighted by molar-refractivity contribution is 0.353. The minimum Gasteiger partial charge on any atom is -0.327 e. The van der Waals surface area contributed by atoms with Crippen molar-refractivity contribution in [3.63, 3.8) is 0 Å². The lowest BCUT2D eigenvalue weighted by atomic mass is 10.2. The Morgan fingerprint density at radius 1 is 1.21 bits per heavy atom. The molecule has 2 heterocycles. The van der Waals surface area contributed by atoms with Gasteiger partial charge >= 0.3 is 10.4 Å². The molecule has 0 amide bonds. The first-order chi connectivity index (χ1) is 12.9. The molecule has 1 fully saturated rings. The van der Waals surface area contributed by atoms with Gasteiger partial charge < -0.3 is 10.3 Å². The molecule has 28 heavy (non-hydrogen) atoms. The van der Waals surface area contributed by atoms with Crippen LogP contribution in [0.3, 0.4) is 0 Å². The minimum atomic E-state index is -4.67. The summed E-state index contributed by atoms with van der Waals surface area (Å²) in [5.74, 6) is 0. The molecule has 1 aliphatic heterocycles. The van der Waals surface area contributed by atoms with Crippen molar-refractivity contribution >= 4 is 42.8 Å². The number of fused-ring (bicyclic) bond motifs is 1. The van der Waals surface area contributed by atoms with Gasteiger partial charge in [0.15, 0.2) is 0 Å². The molecule has 2 aromatic rings. The summed E-state index contributed by atoms with van der Waals surface area (Å²) >= 11 is 6.18. The summed E-state index contributed by atoms with van der Waals surface area (Å²) in [5.41, 5.74) is -0.355. The van der Waals surface area contributed by atoms with Gasteiger partial charge in [0.05, 0.1) is 9.92 Å². The van der Waals surface area contributed by atoms with E-state index >= 15 is 0 Å². The van der Waals surface area contributed by atoms with Crippen LogP contribution in [-0.4, -0.2) is 60.9 Å². The zero-order chi connectivity index (χ0) is 21.1. The van der Waals surface area contributed by atoms with Crippen molar-refractivity contribution in [2.24, 2.45) is 0 Å². The molecule has 1 atom stereocenters. The third kappa shape index (κ3) is 5.50. The van der Waals surface area contributed by atoms with Crippen molar-refractivity contribution in [1.29, 1.82) is 0 Å². The number of aromatic nitrogens is 1. The van der Waals surface area contributed by atoms with Crippen molar-refractivity contribution in [2.75, 3.05) is 19.6 Å². The van der Waals surface area contributed by atoms with E-state index in [2.05, 4.69) is 10.3 Å². The number of rotatable bonds is 2. The first-order valence-electron chi connectivity index (χ1n) is 8.15. The lowest BCUT2D eigenvalue weighted by Crippen LogP contribution is -2.41. The highest BCUT2D eigenvalue weighted by molar-refractivity contribution is 7.89. The van der Waals surface area contributed by atoms with Crippen LogP contribution < -0.4 is 10.9 Å². The van der Waals surface area contributed by atoms with Gasteiger partial charge in [0.25, 0.3) is 5.56 Å². The standard InChI is InChI=1S/C15H18ClN3O3S.H2O4S/c1-10-8-17-6-3-7-19(10)23(21,22)13-5-2-4-11-14(13)12(16)9-18-15(11)20;1-5(2,3)4/h2,4-5,9-10,17H,3,6-8H2,1H3,(H,18,20);(H2,1,2,3,4). The van der Waals surface area contributed by atoms with E-state index in [1.807, 2.05) is 6.92 Å². The predicted octanol–water partition coefficient (Wildman–Crippen LogP) is 0.901. The maximum absolute atomic E-state index is 13.2. The second kappa shape index (κ2) is 8.86. The van der Waals surface area contributed by atoms with Crippen LogP contribution in [0.5, 0.6) is 0 Å². The Labute approximate surface area is 167 Å². The molecule has 0 aliphatic carbocycles. The van der Waals surface area contributed by atoms with Crippen LogP contribution in [0.2, 0.25) is 5.02 Å². The van der Waals surface area contributed by atoms with E-state index in [0.29, 0.717) is 13.1 Å². The molecule has 1 aliphatic rings. The maximum atomic E-state index is 13.2. The number of halogens is 1. The summed E-state index contributed by atoms with van der Waals surface area (Å²) in [6.45, 7) is 3.69. The second-order valence-corrected chi connectivity index (χ2v) is 9.28. The molecule has 10 nitrogen and oxygen atoms in total. The van der Waals surface area contributed by atoms with Crippen LogP contribution in [0.4, 0.5) is 0 Å². The Bertz CT molecular complexity index is 1110. The molecular weight excluding hydrogens is 434 g/mol. The van der Waals surface area contributed by atoms with Gasteiger partial charge in [0.2, 0.25) is 10.0 Å². The van der Waals surface area contributed by atoms with E-state index in [-0.39, 0.29) is 32.3 Å². The average molecular weight is 454 g/mol. The molecule has 0 saturated carbocycles.